The van der Waals surface area contributed by atoms with Crippen LogP contribution in [0.4, 0.5) is 4.79 Å². The van der Waals surface area contributed by atoms with Crippen LogP contribution in [-0.2, 0) is 9.53 Å². The van der Waals surface area contributed by atoms with E-state index in [1.807, 2.05) is 0 Å². The summed E-state index contributed by atoms with van der Waals surface area (Å²) in [6, 6.07) is -0.361. The number of carbonyl (C=O) groups excluding carboxylic acids is 1. The van der Waals surface area contributed by atoms with Crippen molar-refractivity contribution in [2.24, 2.45) is 11.1 Å². The number of nitrogens with one attached hydrogen (secondary N) is 2. The van der Waals surface area contributed by atoms with Gasteiger partial charge >= 0.3 is 12.0 Å². The molecular weight excluding hydrogens is 274 g/mol. The van der Waals surface area contributed by atoms with Crippen LogP contribution in [0.15, 0.2) is 0 Å². The Hall–Kier alpha value is -1.34. The van der Waals surface area contributed by atoms with Crippen molar-refractivity contribution in [1.82, 2.24) is 10.6 Å². The topological polar surface area (TPSA) is 114 Å². The fraction of sp³-hybridized carbons (Fsp3) is 0.857. The highest BCUT2D eigenvalue weighted by Gasteiger charge is 2.40. The monoisotopic (exact) mass is 299 g/mol. The second-order valence-corrected chi connectivity index (χ2v) is 6.08. The van der Waals surface area contributed by atoms with Crippen LogP contribution >= 0.6 is 0 Å². The Morgan fingerprint density at radius 2 is 1.90 bits per heavy atom. The number of ether oxygens (including phenoxy) is 1. The first-order valence-electron chi connectivity index (χ1n) is 7.65. The van der Waals surface area contributed by atoms with E-state index in [9.17, 15) is 14.7 Å². The maximum atomic E-state index is 12.0. The highest BCUT2D eigenvalue weighted by molar-refractivity contribution is 5.78. The summed E-state index contributed by atoms with van der Waals surface area (Å²) in [5.74, 6) is -0.875. The lowest BCUT2D eigenvalue weighted by Crippen LogP contribution is -2.54. The van der Waals surface area contributed by atoms with Gasteiger partial charge in [0.05, 0.1) is 5.41 Å². The van der Waals surface area contributed by atoms with Gasteiger partial charge < -0.3 is 26.2 Å². The van der Waals surface area contributed by atoms with E-state index >= 15 is 0 Å². The zero-order valence-corrected chi connectivity index (χ0v) is 12.3. The highest BCUT2D eigenvalue weighted by atomic mass is 16.5. The summed E-state index contributed by atoms with van der Waals surface area (Å²) in [7, 11) is 0. The molecule has 2 fully saturated rings. The zero-order valence-electron chi connectivity index (χ0n) is 12.3. The number of hydrogen-bond donors (Lipinski definition) is 4. The maximum Gasteiger partial charge on any atom is 0.315 e. The van der Waals surface area contributed by atoms with Gasteiger partial charge in [0.25, 0.3) is 0 Å². The molecule has 5 N–H and O–H groups in total. The fourth-order valence-electron chi connectivity index (χ4n) is 3.04. The zero-order chi connectivity index (χ0) is 15.3. The molecule has 21 heavy (non-hydrogen) atoms. The van der Waals surface area contributed by atoms with E-state index in [0.717, 1.165) is 25.7 Å². The van der Waals surface area contributed by atoms with Crippen LogP contribution in [0.25, 0.3) is 0 Å². The summed E-state index contributed by atoms with van der Waals surface area (Å²) in [6.45, 7) is 0.964. The molecule has 1 aliphatic carbocycles. The molecule has 0 radical (unpaired) electrons. The Balaban J connectivity index is 1.83. The van der Waals surface area contributed by atoms with Gasteiger partial charge in [-0.1, -0.05) is 12.8 Å². The number of aliphatic carboxylic acids is 1. The summed E-state index contributed by atoms with van der Waals surface area (Å²) >= 11 is 0. The third-order valence-corrected chi connectivity index (χ3v) is 4.63. The number of amides is 2. The van der Waals surface area contributed by atoms with Crippen molar-refractivity contribution in [1.29, 1.82) is 0 Å². The molecule has 0 spiro atoms. The first-order chi connectivity index (χ1) is 10.0. The van der Waals surface area contributed by atoms with Crippen LogP contribution in [-0.4, -0.2) is 48.9 Å². The van der Waals surface area contributed by atoms with Crippen LogP contribution in [0.3, 0.4) is 0 Å². The van der Waals surface area contributed by atoms with Gasteiger partial charge in [-0.25, -0.2) is 4.79 Å². The fourth-order valence-corrected chi connectivity index (χ4v) is 3.04. The van der Waals surface area contributed by atoms with Gasteiger partial charge in [-0.15, -0.1) is 0 Å². The van der Waals surface area contributed by atoms with Crippen molar-refractivity contribution < 1.29 is 19.4 Å². The number of carbonyl (C=O) groups is 2. The van der Waals surface area contributed by atoms with Gasteiger partial charge in [0.1, 0.15) is 0 Å². The number of nitrogens with two attached hydrogens (primary N) is 1. The van der Waals surface area contributed by atoms with Crippen molar-refractivity contribution >= 4 is 12.0 Å². The van der Waals surface area contributed by atoms with Crippen LogP contribution < -0.4 is 16.4 Å². The van der Waals surface area contributed by atoms with Gasteiger partial charge in [0.15, 0.2) is 0 Å². The minimum Gasteiger partial charge on any atom is -0.481 e. The van der Waals surface area contributed by atoms with Crippen molar-refractivity contribution in [2.75, 3.05) is 19.8 Å². The number of rotatable bonds is 4. The molecule has 1 saturated carbocycles. The van der Waals surface area contributed by atoms with E-state index in [-0.39, 0.29) is 24.7 Å². The summed E-state index contributed by atoms with van der Waals surface area (Å²) < 4.78 is 5.21. The maximum absolute atomic E-state index is 12.0. The van der Waals surface area contributed by atoms with Crippen molar-refractivity contribution in [3.8, 4) is 0 Å². The molecule has 2 rings (SSSR count). The van der Waals surface area contributed by atoms with Crippen LogP contribution in [0.5, 0.6) is 0 Å². The van der Waals surface area contributed by atoms with E-state index in [1.165, 1.54) is 0 Å². The predicted octanol–water partition coefficient (Wildman–Crippen LogP) is 0.437. The lowest BCUT2D eigenvalue weighted by atomic mass is 9.80. The van der Waals surface area contributed by atoms with Crippen LogP contribution in [0.1, 0.15) is 38.5 Å². The van der Waals surface area contributed by atoms with E-state index in [0.29, 0.717) is 26.1 Å². The van der Waals surface area contributed by atoms with E-state index in [1.54, 1.807) is 0 Å². The lowest BCUT2D eigenvalue weighted by Gasteiger charge is -2.34. The average molecular weight is 299 g/mol. The van der Waals surface area contributed by atoms with Gasteiger partial charge in [0.2, 0.25) is 0 Å². The third kappa shape index (κ3) is 4.07. The second-order valence-electron chi connectivity index (χ2n) is 6.08. The van der Waals surface area contributed by atoms with Gasteiger partial charge in [-0.05, 0) is 25.7 Å². The predicted molar refractivity (Wildman–Crippen MR) is 76.9 cm³/mol. The Bertz CT molecular complexity index is 382. The molecule has 0 bridgehead atoms. The summed E-state index contributed by atoms with van der Waals surface area (Å²) in [4.78, 5) is 23.4. The second kappa shape index (κ2) is 7.09. The molecule has 0 aromatic rings. The largest absolute Gasteiger partial charge is 0.481 e. The molecule has 2 aliphatic rings. The van der Waals surface area contributed by atoms with Crippen molar-refractivity contribution in [2.45, 2.75) is 50.6 Å². The van der Waals surface area contributed by atoms with Crippen LogP contribution in [0, 0.1) is 5.41 Å². The Morgan fingerprint density at radius 1 is 1.24 bits per heavy atom. The van der Waals surface area contributed by atoms with Crippen LogP contribution in [0.2, 0.25) is 0 Å². The van der Waals surface area contributed by atoms with E-state index < -0.39 is 11.4 Å². The molecule has 1 saturated heterocycles. The normalized spacial score (nSPS) is 28.6. The minimum atomic E-state index is -0.912. The minimum absolute atomic E-state index is 0.0129. The summed E-state index contributed by atoms with van der Waals surface area (Å²) in [5.41, 5.74) is 5.07. The first kappa shape index (κ1) is 16.0. The van der Waals surface area contributed by atoms with Gasteiger partial charge in [-0.3, -0.25) is 4.79 Å². The molecule has 0 aromatic heterocycles. The molecule has 0 aromatic carbocycles. The molecule has 120 valence electrons. The Kier molecular flexibility index (Phi) is 5.41. The van der Waals surface area contributed by atoms with E-state index in [4.69, 9.17) is 10.5 Å². The SMILES string of the molecule is NC1CCCCC1NC(=O)NCC1(C(=O)O)CCOCC1. The number of carboxylic acid groups (broad SMARTS) is 1. The van der Waals surface area contributed by atoms with Gasteiger partial charge in [0, 0.05) is 31.8 Å². The first-order valence-corrected chi connectivity index (χ1v) is 7.65. The smallest absolute Gasteiger partial charge is 0.315 e. The van der Waals surface area contributed by atoms with Gasteiger partial charge in [-0.2, -0.15) is 0 Å². The number of urea groups is 1. The molecule has 7 heteroatoms. The molecule has 2 amide bonds. The van der Waals surface area contributed by atoms with Crippen molar-refractivity contribution in [3.63, 3.8) is 0 Å². The molecular formula is C14H25N3O4. The lowest BCUT2D eigenvalue weighted by molar-refractivity contribution is -0.154. The molecule has 7 nitrogen and oxygen atoms in total. The number of hydrogen-bond acceptors (Lipinski definition) is 4. The molecule has 2 unspecified atom stereocenters. The molecule has 2 atom stereocenters. The molecule has 1 heterocycles. The van der Waals surface area contributed by atoms with Crippen molar-refractivity contribution in [3.05, 3.63) is 0 Å². The van der Waals surface area contributed by atoms with E-state index in [2.05, 4.69) is 10.6 Å². The third-order valence-electron chi connectivity index (χ3n) is 4.63. The Labute approximate surface area is 124 Å². The number of carboxylic acids is 1. The quantitative estimate of drug-likeness (QED) is 0.601. The molecule has 1 aliphatic heterocycles. The average Bonchev–Trinajstić information content (AvgIpc) is 2.48. The standard InChI is InChI=1S/C14H25N3O4/c15-10-3-1-2-4-11(10)17-13(20)16-9-14(12(18)19)5-7-21-8-6-14/h10-11H,1-9,15H2,(H,18,19)(H2,16,17,20). The highest BCUT2D eigenvalue weighted by Crippen LogP contribution is 2.30. The summed E-state index contributed by atoms with van der Waals surface area (Å²) in [5, 5.41) is 15.0. The Morgan fingerprint density at radius 3 is 2.52 bits per heavy atom. The summed E-state index contributed by atoms with van der Waals surface area (Å²) in [6.07, 6.45) is 4.81.